The lowest BCUT2D eigenvalue weighted by molar-refractivity contribution is 0.0918. The average Bonchev–Trinajstić information content (AvgIpc) is 2.78. The summed E-state index contributed by atoms with van der Waals surface area (Å²) in [4.78, 5) is 0. The molecule has 0 aliphatic carbocycles. The highest BCUT2D eigenvalue weighted by molar-refractivity contribution is 5.59. The van der Waals surface area contributed by atoms with Crippen LogP contribution < -0.4 is 14.2 Å². The predicted octanol–water partition coefficient (Wildman–Crippen LogP) is 0.758. The number of aliphatic hydroxyl groups excluding tert-OH is 2. The fourth-order valence-electron chi connectivity index (χ4n) is 1.76. The van der Waals surface area contributed by atoms with E-state index in [4.69, 9.17) is 19.3 Å². The second kappa shape index (κ2) is 4.19. The first kappa shape index (κ1) is 11.0. The summed E-state index contributed by atoms with van der Waals surface area (Å²) in [7, 11) is 1.54. The number of benzene rings is 1. The number of fused-ring (bicyclic) bond motifs is 1. The van der Waals surface area contributed by atoms with Gasteiger partial charge in [-0.05, 0) is 13.0 Å². The molecule has 1 aliphatic rings. The highest BCUT2D eigenvalue weighted by atomic mass is 16.7. The summed E-state index contributed by atoms with van der Waals surface area (Å²) >= 11 is 0. The van der Waals surface area contributed by atoms with Crippen molar-refractivity contribution in [3.05, 3.63) is 17.2 Å². The number of rotatable bonds is 3. The van der Waals surface area contributed by atoms with Gasteiger partial charge in [-0.3, -0.25) is 0 Å². The molecule has 1 aromatic carbocycles. The molecule has 5 nitrogen and oxygen atoms in total. The van der Waals surface area contributed by atoms with Crippen LogP contribution >= 0.6 is 0 Å². The number of hydrogen-bond acceptors (Lipinski definition) is 5. The van der Waals surface area contributed by atoms with Crippen LogP contribution in [-0.4, -0.2) is 30.7 Å². The largest absolute Gasteiger partial charge is 0.496 e. The molecule has 2 rings (SSSR count). The van der Waals surface area contributed by atoms with Crippen molar-refractivity contribution in [2.24, 2.45) is 0 Å². The van der Waals surface area contributed by atoms with E-state index in [1.54, 1.807) is 13.2 Å². The van der Waals surface area contributed by atoms with E-state index in [0.717, 1.165) is 5.56 Å². The van der Waals surface area contributed by atoms with Crippen LogP contribution in [0.5, 0.6) is 17.2 Å². The number of hydrogen-bond donors (Lipinski definition) is 2. The molecule has 0 fully saturated rings. The first-order valence-corrected chi connectivity index (χ1v) is 4.95. The molecule has 0 aromatic heterocycles. The molecule has 0 saturated heterocycles. The summed E-state index contributed by atoms with van der Waals surface area (Å²) < 4.78 is 15.8. The first-order valence-electron chi connectivity index (χ1n) is 4.95. The third-order valence-electron chi connectivity index (χ3n) is 2.62. The standard InChI is InChI=1S/C11H14O5/c1-6-9(14-2)3-7(8(13)4-12)11-10(6)15-5-16-11/h3,8,12-13H,4-5H2,1-2H3/t8-/m1/s1. The van der Waals surface area contributed by atoms with Crippen molar-refractivity contribution in [2.45, 2.75) is 13.0 Å². The Bertz CT molecular complexity index is 402. The zero-order valence-corrected chi connectivity index (χ0v) is 9.19. The van der Waals surface area contributed by atoms with Crippen LogP contribution in [0.4, 0.5) is 0 Å². The molecule has 1 aromatic rings. The van der Waals surface area contributed by atoms with Crippen LogP contribution in [0.3, 0.4) is 0 Å². The Morgan fingerprint density at radius 1 is 1.44 bits per heavy atom. The summed E-state index contributed by atoms with van der Waals surface area (Å²) in [6.45, 7) is 1.60. The SMILES string of the molecule is COc1cc([C@H](O)CO)c2c(c1C)OCO2. The lowest BCUT2D eigenvalue weighted by Crippen LogP contribution is -2.05. The van der Waals surface area contributed by atoms with Crippen molar-refractivity contribution >= 4 is 0 Å². The van der Waals surface area contributed by atoms with Crippen LogP contribution in [0.15, 0.2) is 6.07 Å². The Morgan fingerprint density at radius 3 is 2.75 bits per heavy atom. The van der Waals surface area contributed by atoms with Gasteiger partial charge in [0.25, 0.3) is 0 Å². The summed E-state index contributed by atoms with van der Waals surface area (Å²) in [6.07, 6.45) is -0.995. The van der Waals surface area contributed by atoms with Crippen LogP contribution in [0, 0.1) is 6.92 Å². The van der Waals surface area contributed by atoms with Crippen molar-refractivity contribution in [1.82, 2.24) is 0 Å². The maximum absolute atomic E-state index is 9.66. The molecule has 0 unspecified atom stereocenters. The molecule has 0 saturated carbocycles. The number of ether oxygens (including phenoxy) is 3. The lowest BCUT2D eigenvalue weighted by atomic mass is 10.0. The molecular formula is C11H14O5. The van der Waals surface area contributed by atoms with Gasteiger partial charge >= 0.3 is 0 Å². The first-order chi connectivity index (χ1) is 7.69. The van der Waals surface area contributed by atoms with Crippen LogP contribution in [0.25, 0.3) is 0 Å². The molecular weight excluding hydrogens is 212 g/mol. The van der Waals surface area contributed by atoms with E-state index in [2.05, 4.69) is 0 Å². The molecule has 0 amide bonds. The third kappa shape index (κ3) is 1.58. The summed E-state index contributed by atoms with van der Waals surface area (Å²) in [5, 5.41) is 18.6. The van der Waals surface area contributed by atoms with Gasteiger partial charge in [0.2, 0.25) is 6.79 Å². The van der Waals surface area contributed by atoms with E-state index in [0.29, 0.717) is 22.8 Å². The minimum absolute atomic E-state index is 0.120. The van der Waals surface area contributed by atoms with Gasteiger partial charge in [-0.2, -0.15) is 0 Å². The minimum atomic E-state index is -0.995. The lowest BCUT2D eigenvalue weighted by Gasteiger charge is -2.14. The number of methoxy groups -OCH3 is 1. The molecule has 0 radical (unpaired) electrons. The summed E-state index contributed by atoms with van der Waals surface area (Å²) in [6, 6.07) is 1.66. The fraction of sp³-hybridized carbons (Fsp3) is 0.455. The van der Waals surface area contributed by atoms with Crippen molar-refractivity contribution < 1.29 is 24.4 Å². The Hall–Kier alpha value is -1.46. The van der Waals surface area contributed by atoms with Crippen molar-refractivity contribution in [3.63, 3.8) is 0 Å². The average molecular weight is 226 g/mol. The Kier molecular flexibility index (Phi) is 2.89. The predicted molar refractivity (Wildman–Crippen MR) is 55.9 cm³/mol. The maximum Gasteiger partial charge on any atom is 0.231 e. The van der Waals surface area contributed by atoms with Gasteiger partial charge in [0.15, 0.2) is 11.5 Å². The summed E-state index contributed by atoms with van der Waals surface area (Å²) in [5.41, 5.74) is 1.31. The van der Waals surface area contributed by atoms with Crippen LogP contribution in [0.1, 0.15) is 17.2 Å². The third-order valence-corrected chi connectivity index (χ3v) is 2.62. The van der Waals surface area contributed by atoms with E-state index in [1.807, 2.05) is 6.92 Å². The number of aliphatic hydroxyl groups is 2. The topological polar surface area (TPSA) is 68.2 Å². The van der Waals surface area contributed by atoms with Crippen LogP contribution in [-0.2, 0) is 0 Å². The Balaban J connectivity index is 2.57. The van der Waals surface area contributed by atoms with Gasteiger partial charge in [0.1, 0.15) is 11.9 Å². The molecule has 2 N–H and O–H groups in total. The van der Waals surface area contributed by atoms with E-state index in [-0.39, 0.29) is 13.4 Å². The monoisotopic (exact) mass is 226 g/mol. The second-order valence-electron chi connectivity index (χ2n) is 3.56. The van der Waals surface area contributed by atoms with Crippen molar-refractivity contribution in [2.75, 3.05) is 20.5 Å². The minimum Gasteiger partial charge on any atom is -0.496 e. The van der Waals surface area contributed by atoms with Crippen molar-refractivity contribution in [1.29, 1.82) is 0 Å². The van der Waals surface area contributed by atoms with Crippen molar-refractivity contribution in [3.8, 4) is 17.2 Å². The zero-order chi connectivity index (χ0) is 11.7. The quantitative estimate of drug-likeness (QED) is 0.796. The molecule has 0 bridgehead atoms. The smallest absolute Gasteiger partial charge is 0.231 e. The van der Waals surface area contributed by atoms with E-state index in [9.17, 15) is 5.11 Å². The molecule has 1 aliphatic heterocycles. The van der Waals surface area contributed by atoms with Gasteiger partial charge in [0, 0.05) is 11.1 Å². The Labute approximate surface area is 93.2 Å². The van der Waals surface area contributed by atoms with E-state index < -0.39 is 6.10 Å². The fourth-order valence-corrected chi connectivity index (χ4v) is 1.76. The molecule has 0 spiro atoms. The van der Waals surface area contributed by atoms with E-state index in [1.165, 1.54) is 0 Å². The van der Waals surface area contributed by atoms with Gasteiger partial charge in [-0.15, -0.1) is 0 Å². The van der Waals surface area contributed by atoms with Gasteiger partial charge in [0.05, 0.1) is 13.7 Å². The Morgan fingerprint density at radius 2 is 2.12 bits per heavy atom. The van der Waals surface area contributed by atoms with Gasteiger partial charge < -0.3 is 24.4 Å². The van der Waals surface area contributed by atoms with Crippen LogP contribution in [0.2, 0.25) is 0 Å². The molecule has 5 heteroatoms. The molecule has 1 heterocycles. The molecule has 1 atom stereocenters. The van der Waals surface area contributed by atoms with E-state index >= 15 is 0 Å². The normalized spacial score (nSPS) is 15.0. The zero-order valence-electron chi connectivity index (χ0n) is 9.19. The van der Waals surface area contributed by atoms with Gasteiger partial charge in [-0.1, -0.05) is 0 Å². The highest BCUT2D eigenvalue weighted by Gasteiger charge is 2.26. The maximum atomic E-state index is 9.66. The second-order valence-corrected chi connectivity index (χ2v) is 3.56. The summed E-state index contributed by atoms with van der Waals surface area (Å²) in [5.74, 6) is 1.66. The van der Waals surface area contributed by atoms with Gasteiger partial charge in [-0.25, -0.2) is 0 Å². The molecule has 88 valence electrons. The highest BCUT2D eigenvalue weighted by Crippen LogP contribution is 2.45. The molecule has 16 heavy (non-hydrogen) atoms.